The molecule has 0 atom stereocenters. The van der Waals surface area contributed by atoms with E-state index in [-0.39, 0.29) is 16.8 Å². The number of anilines is 1. The van der Waals surface area contributed by atoms with Gasteiger partial charge in [-0.15, -0.1) is 0 Å². The molecule has 6 nitrogen and oxygen atoms in total. The molecule has 1 aliphatic heterocycles. The number of carboxylic acid groups (broad SMARTS) is 1. The minimum Gasteiger partial charge on any atom is -0.478 e. The van der Waals surface area contributed by atoms with E-state index in [1.54, 1.807) is 0 Å². The number of hydrogen-bond acceptors (Lipinski definition) is 4. The van der Waals surface area contributed by atoms with Gasteiger partial charge in [0.2, 0.25) is 0 Å². The Hall–Kier alpha value is -2.11. The van der Waals surface area contributed by atoms with Gasteiger partial charge in [-0.05, 0) is 38.8 Å². The average molecular weight is 264 g/mol. The lowest BCUT2D eigenvalue weighted by molar-refractivity contribution is -0.384. The van der Waals surface area contributed by atoms with Gasteiger partial charge in [0, 0.05) is 18.2 Å². The van der Waals surface area contributed by atoms with Crippen molar-refractivity contribution in [2.24, 2.45) is 0 Å². The molecule has 0 unspecified atom stereocenters. The second-order valence-electron chi connectivity index (χ2n) is 5.33. The first-order valence-corrected chi connectivity index (χ1v) is 6.12. The van der Waals surface area contributed by atoms with Gasteiger partial charge in [-0.2, -0.15) is 0 Å². The van der Waals surface area contributed by atoms with Crippen molar-refractivity contribution in [2.75, 3.05) is 11.4 Å². The second kappa shape index (κ2) is 4.53. The van der Waals surface area contributed by atoms with Crippen LogP contribution in [0.3, 0.4) is 0 Å². The third-order valence-corrected chi connectivity index (χ3v) is 3.61. The minimum atomic E-state index is -1.16. The number of rotatable bonds is 3. The van der Waals surface area contributed by atoms with Gasteiger partial charge in [-0.3, -0.25) is 10.1 Å². The van der Waals surface area contributed by atoms with Gasteiger partial charge in [0.1, 0.15) is 5.69 Å². The van der Waals surface area contributed by atoms with Gasteiger partial charge < -0.3 is 10.0 Å². The van der Waals surface area contributed by atoms with Crippen molar-refractivity contribution in [3.8, 4) is 0 Å². The Bertz CT molecular complexity index is 539. The maximum absolute atomic E-state index is 11.2. The van der Waals surface area contributed by atoms with Crippen molar-refractivity contribution in [2.45, 2.75) is 32.2 Å². The normalized spacial score (nSPS) is 17.5. The Labute approximate surface area is 110 Å². The lowest BCUT2D eigenvalue weighted by Gasteiger charge is -2.33. The first-order valence-electron chi connectivity index (χ1n) is 6.12. The molecule has 1 aromatic carbocycles. The summed E-state index contributed by atoms with van der Waals surface area (Å²) in [7, 11) is 0. The minimum absolute atomic E-state index is 0.0625. The number of carbonyl (C=O) groups is 1. The smallest absolute Gasteiger partial charge is 0.335 e. The van der Waals surface area contributed by atoms with Gasteiger partial charge in [-0.1, -0.05) is 0 Å². The third kappa shape index (κ3) is 2.38. The number of nitro groups is 1. The Morgan fingerprint density at radius 3 is 2.63 bits per heavy atom. The molecule has 1 heterocycles. The first-order chi connectivity index (χ1) is 8.83. The van der Waals surface area contributed by atoms with Crippen LogP contribution in [0.15, 0.2) is 18.2 Å². The number of nitrogens with zero attached hydrogens (tertiary/aromatic N) is 2. The van der Waals surface area contributed by atoms with E-state index in [9.17, 15) is 14.9 Å². The van der Waals surface area contributed by atoms with Gasteiger partial charge >= 0.3 is 5.97 Å². The maximum Gasteiger partial charge on any atom is 0.335 e. The predicted octanol–water partition coefficient (Wildman–Crippen LogP) is 2.67. The summed E-state index contributed by atoms with van der Waals surface area (Å²) in [5.41, 5.74) is 0.148. The van der Waals surface area contributed by atoms with Crippen molar-refractivity contribution in [1.29, 1.82) is 0 Å². The van der Waals surface area contributed by atoms with E-state index in [4.69, 9.17) is 5.11 Å². The zero-order valence-electron chi connectivity index (χ0n) is 10.9. The van der Waals surface area contributed by atoms with Crippen LogP contribution >= 0.6 is 0 Å². The van der Waals surface area contributed by atoms with E-state index in [2.05, 4.69) is 0 Å². The van der Waals surface area contributed by atoms with E-state index in [1.165, 1.54) is 12.1 Å². The summed E-state index contributed by atoms with van der Waals surface area (Å²) in [4.78, 5) is 23.5. The van der Waals surface area contributed by atoms with Gasteiger partial charge in [-0.25, -0.2) is 4.79 Å². The Morgan fingerprint density at radius 1 is 1.47 bits per heavy atom. The van der Waals surface area contributed by atoms with E-state index >= 15 is 0 Å². The number of hydrogen-bond donors (Lipinski definition) is 1. The van der Waals surface area contributed by atoms with Crippen LogP contribution in [0.2, 0.25) is 0 Å². The topological polar surface area (TPSA) is 83.7 Å². The summed E-state index contributed by atoms with van der Waals surface area (Å²) >= 11 is 0. The third-order valence-electron chi connectivity index (χ3n) is 3.61. The highest BCUT2D eigenvalue weighted by Crippen LogP contribution is 2.39. The summed E-state index contributed by atoms with van der Waals surface area (Å²) in [6.07, 6.45) is 1.94. The van der Waals surface area contributed by atoms with Crippen molar-refractivity contribution in [1.82, 2.24) is 0 Å². The molecule has 1 fully saturated rings. The number of benzene rings is 1. The van der Waals surface area contributed by atoms with Crippen LogP contribution in [-0.2, 0) is 0 Å². The second-order valence-corrected chi connectivity index (χ2v) is 5.33. The molecule has 6 heteroatoms. The first kappa shape index (κ1) is 13.3. The largest absolute Gasteiger partial charge is 0.478 e. The van der Waals surface area contributed by atoms with Gasteiger partial charge in [0.15, 0.2) is 0 Å². The molecule has 0 aromatic heterocycles. The van der Waals surface area contributed by atoms with Crippen LogP contribution in [0.4, 0.5) is 11.4 Å². The molecule has 0 spiro atoms. The van der Waals surface area contributed by atoms with E-state index in [1.807, 2.05) is 18.7 Å². The average Bonchev–Trinajstić information content (AvgIpc) is 2.67. The standard InChI is InChI=1S/C13H16N2O4/c1-13(2)6-3-7-14(13)10-5-4-9(12(16)17)8-11(10)15(18)19/h4-5,8H,3,6-7H2,1-2H3,(H,16,17). The fourth-order valence-corrected chi connectivity index (χ4v) is 2.58. The monoisotopic (exact) mass is 264 g/mol. The summed E-state index contributed by atoms with van der Waals surface area (Å²) in [6, 6.07) is 4.08. The van der Waals surface area contributed by atoms with Crippen molar-refractivity contribution >= 4 is 17.3 Å². The maximum atomic E-state index is 11.2. The van der Waals surface area contributed by atoms with Crippen LogP contribution in [0.1, 0.15) is 37.0 Å². The molecule has 2 rings (SSSR count). The van der Waals surface area contributed by atoms with E-state index in [0.717, 1.165) is 25.5 Å². The highest BCUT2D eigenvalue weighted by Gasteiger charge is 2.35. The lowest BCUT2D eigenvalue weighted by Crippen LogP contribution is -2.38. The van der Waals surface area contributed by atoms with Crippen molar-refractivity contribution in [3.63, 3.8) is 0 Å². The summed E-state index contributed by atoms with van der Waals surface area (Å²) < 4.78 is 0. The Morgan fingerprint density at radius 2 is 2.16 bits per heavy atom. The summed E-state index contributed by atoms with van der Waals surface area (Å²) in [6.45, 7) is 4.82. The van der Waals surface area contributed by atoms with Crippen LogP contribution in [0.5, 0.6) is 0 Å². The van der Waals surface area contributed by atoms with Crippen molar-refractivity contribution < 1.29 is 14.8 Å². The predicted molar refractivity (Wildman–Crippen MR) is 70.7 cm³/mol. The van der Waals surface area contributed by atoms with Crippen LogP contribution in [0.25, 0.3) is 0 Å². The van der Waals surface area contributed by atoms with E-state index in [0.29, 0.717) is 5.69 Å². The number of nitro benzene ring substituents is 1. The number of carboxylic acids is 1. The summed E-state index contributed by atoms with van der Waals surface area (Å²) in [5, 5.41) is 20.1. The molecule has 102 valence electrons. The Kier molecular flexibility index (Phi) is 3.18. The molecule has 0 saturated carbocycles. The molecule has 1 aromatic rings. The molecule has 1 saturated heterocycles. The van der Waals surface area contributed by atoms with E-state index < -0.39 is 10.9 Å². The zero-order chi connectivity index (χ0) is 14.2. The molecular weight excluding hydrogens is 248 g/mol. The highest BCUT2D eigenvalue weighted by molar-refractivity contribution is 5.90. The molecule has 1 aliphatic rings. The molecule has 0 bridgehead atoms. The molecule has 0 amide bonds. The fourth-order valence-electron chi connectivity index (χ4n) is 2.58. The number of aromatic carboxylic acids is 1. The zero-order valence-corrected chi connectivity index (χ0v) is 10.9. The Balaban J connectivity index is 2.51. The van der Waals surface area contributed by atoms with Crippen LogP contribution in [0, 0.1) is 10.1 Å². The van der Waals surface area contributed by atoms with Gasteiger partial charge in [0.05, 0.1) is 10.5 Å². The van der Waals surface area contributed by atoms with Crippen LogP contribution in [-0.4, -0.2) is 28.1 Å². The summed E-state index contributed by atoms with van der Waals surface area (Å²) in [5.74, 6) is -1.16. The van der Waals surface area contributed by atoms with Crippen LogP contribution < -0.4 is 4.90 Å². The fraction of sp³-hybridized carbons (Fsp3) is 0.462. The molecule has 1 N–H and O–H groups in total. The molecular formula is C13H16N2O4. The molecule has 0 radical (unpaired) electrons. The highest BCUT2D eigenvalue weighted by atomic mass is 16.6. The molecule has 19 heavy (non-hydrogen) atoms. The lowest BCUT2D eigenvalue weighted by atomic mass is 10.0. The molecule has 0 aliphatic carbocycles. The quantitative estimate of drug-likeness (QED) is 0.670. The SMILES string of the molecule is CC1(C)CCCN1c1ccc(C(=O)O)cc1[N+](=O)[O-]. The van der Waals surface area contributed by atoms with Crippen molar-refractivity contribution in [3.05, 3.63) is 33.9 Å². The van der Waals surface area contributed by atoms with Gasteiger partial charge in [0.25, 0.3) is 5.69 Å².